The third-order valence-corrected chi connectivity index (χ3v) is 2.13. The smallest absolute Gasteiger partial charge is 0.309 e. The van der Waals surface area contributed by atoms with Gasteiger partial charge in [0.25, 0.3) is 0 Å². The molecule has 4 nitrogen and oxygen atoms in total. The lowest BCUT2D eigenvalue weighted by Gasteiger charge is -1.94. The number of thiazole rings is 1. The summed E-state index contributed by atoms with van der Waals surface area (Å²) in [5.74, 6) is -0.861. The monoisotopic (exact) mass is 198 g/mol. The van der Waals surface area contributed by atoms with Crippen LogP contribution >= 0.6 is 11.3 Å². The van der Waals surface area contributed by atoms with Crippen LogP contribution in [0.2, 0.25) is 0 Å². The van der Waals surface area contributed by atoms with E-state index in [2.05, 4.69) is 16.9 Å². The van der Waals surface area contributed by atoms with Crippen LogP contribution < -0.4 is 5.32 Å². The quantitative estimate of drug-likeness (QED) is 0.701. The van der Waals surface area contributed by atoms with Gasteiger partial charge in [0.1, 0.15) is 0 Å². The molecule has 70 valence electrons. The molecule has 5 heteroatoms. The summed E-state index contributed by atoms with van der Waals surface area (Å²) in [6, 6.07) is 0. The summed E-state index contributed by atoms with van der Waals surface area (Å²) in [6.07, 6.45) is 1.70. The molecule has 1 aromatic heterocycles. The maximum Gasteiger partial charge on any atom is 0.309 e. The Morgan fingerprint density at radius 1 is 1.85 bits per heavy atom. The van der Waals surface area contributed by atoms with Crippen LogP contribution in [0, 0.1) is 0 Å². The summed E-state index contributed by atoms with van der Waals surface area (Å²) >= 11 is 1.40. The minimum atomic E-state index is -0.861. The molecule has 0 unspecified atom stereocenters. The number of anilines is 1. The van der Waals surface area contributed by atoms with E-state index in [1.807, 2.05) is 0 Å². The molecule has 0 amide bonds. The first-order valence-electron chi connectivity index (χ1n) is 3.73. The van der Waals surface area contributed by atoms with Gasteiger partial charge in [-0.1, -0.05) is 6.08 Å². The van der Waals surface area contributed by atoms with Crippen LogP contribution in [0.4, 0.5) is 5.13 Å². The largest absolute Gasteiger partial charge is 0.481 e. The molecular weight excluding hydrogens is 188 g/mol. The van der Waals surface area contributed by atoms with Crippen LogP contribution in [0.15, 0.2) is 18.0 Å². The molecule has 2 N–H and O–H groups in total. The lowest BCUT2D eigenvalue weighted by molar-refractivity contribution is -0.136. The Balaban J connectivity index is 2.53. The first-order chi connectivity index (χ1) is 6.22. The molecule has 0 fully saturated rings. The van der Waals surface area contributed by atoms with Gasteiger partial charge >= 0.3 is 5.97 Å². The van der Waals surface area contributed by atoms with Crippen molar-refractivity contribution in [3.05, 3.63) is 23.7 Å². The SMILES string of the molecule is C=CCNc1nc(CC(=O)O)cs1. The van der Waals surface area contributed by atoms with Gasteiger partial charge in [-0.05, 0) is 0 Å². The van der Waals surface area contributed by atoms with Gasteiger partial charge in [-0.3, -0.25) is 4.79 Å². The number of nitrogens with one attached hydrogen (secondary N) is 1. The Morgan fingerprint density at radius 2 is 2.62 bits per heavy atom. The number of nitrogens with zero attached hydrogens (tertiary/aromatic N) is 1. The van der Waals surface area contributed by atoms with Gasteiger partial charge in [-0.15, -0.1) is 17.9 Å². The van der Waals surface area contributed by atoms with Crippen molar-refractivity contribution in [2.45, 2.75) is 6.42 Å². The van der Waals surface area contributed by atoms with Crippen molar-refractivity contribution in [2.75, 3.05) is 11.9 Å². The minimum Gasteiger partial charge on any atom is -0.481 e. The first kappa shape index (κ1) is 9.73. The number of carboxylic acid groups (broad SMARTS) is 1. The fourth-order valence-electron chi connectivity index (χ4n) is 0.784. The Hall–Kier alpha value is -1.36. The highest BCUT2D eigenvalue weighted by Gasteiger charge is 2.04. The molecule has 0 aliphatic heterocycles. The Labute approximate surface area is 79.9 Å². The maximum absolute atomic E-state index is 10.3. The summed E-state index contributed by atoms with van der Waals surface area (Å²) in [6.45, 7) is 4.19. The molecule has 0 atom stereocenters. The van der Waals surface area contributed by atoms with Crippen LogP contribution in [0.3, 0.4) is 0 Å². The van der Waals surface area contributed by atoms with E-state index < -0.39 is 5.97 Å². The van der Waals surface area contributed by atoms with E-state index in [0.717, 1.165) is 5.13 Å². The summed E-state index contributed by atoms with van der Waals surface area (Å²) < 4.78 is 0. The third kappa shape index (κ3) is 3.25. The lowest BCUT2D eigenvalue weighted by Crippen LogP contribution is -2.01. The lowest BCUT2D eigenvalue weighted by atomic mass is 10.3. The molecule has 0 aromatic carbocycles. The van der Waals surface area contributed by atoms with Gasteiger partial charge < -0.3 is 10.4 Å². The highest BCUT2D eigenvalue weighted by molar-refractivity contribution is 7.13. The van der Waals surface area contributed by atoms with E-state index in [0.29, 0.717) is 12.2 Å². The topological polar surface area (TPSA) is 62.2 Å². The number of hydrogen-bond acceptors (Lipinski definition) is 4. The van der Waals surface area contributed by atoms with Crippen LogP contribution in [0.25, 0.3) is 0 Å². The molecule has 0 aliphatic carbocycles. The number of hydrogen-bond donors (Lipinski definition) is 2. The van der Waals surface area contributed by atoms with Gasteiger partial charge in [-0.2, -0.15) is 0 Å². The van der Waals surface area contributed by atoms with Crippen LogP contribution in [-0.2, 0) is 11.2 Å². The second-order valence-corrected chi connectivity index (χ2v) is 3.24. The predicted molar refractivity (Wildman–Crippen MR) is 52.1 cm³/mol. The molecule has 1 rings (SSSR count). The highest BCUT2D eigenvalue weighted by atomic mass is 32.1. The third-order valence-electron chi connectivity index (χ3n) is 1.28. The average molecular weight is 198 g/mol. The van der Waals surface area contributed by atoms with Crippen LogP contribution in [-0.4, -0.2) is 22.6 Å². The summed E-state index contributed by atoms with van der Waals surface area (Å²) in [4.78, 5) is 14.4. The summed E-state index contributed by atoms with van der Waals surface area (Å²) in [5, 5.41) is 13.9. The van der Waals surface area contributed by atoms with E-state index in [9.17, 15) is 4.79 Å². The molecule has 1 aromatic rings. The molecular formula is C8H10N2O2S. The normalized spacial score (nSPS) is 9.54. The predicted octanol–water partition coefficient (Wildman–Crippen LogP) is 1.37. The molecule has 0 saturated heterocycles. The Kier molecular flexibility index (Phi) is 3.45. The second kappa shape index (κ2) is 4.61. The van der Waals surface area contributed by atoms with Crippen molar-refractivity contribution in [1.29, 1.82) is 0 Å². The zero-order valence-corrected chi connectivity index (χ0v) is 7.80. The summed E-state index contributed by atoms with van der Waals surface area (Å²) in [7, 11) is 0. The molecule has 13 heavy (non-hydrogen) atoms. The van der Waals surface area contributed by atoms with E-state index in [4.69, 9.17) is 5.11 Å². The van der Waals surface area contributed by atoms with E-state index >= 15 is 0 Å². The number of aromatic nitrogens is 1. The minimum absolute atomic E-state index is 0.0216. The molecule has 0 saturated carbocycles. The zero-order valence-electron chi connectivity index (χ0n) is 6.99. The number of carboxylic acids is 1. The summed E-state index contributed by atoms with van der Waals surface area (Å²) in [5.41, 5.74) is 0.587. The molecule has 0 radical (unpaired) electrons. The van der Waals surface area contributed by atoms with Crippen molar-refractivity contribution in [3.63, 3.8) is 0 Å². The average Bonchev–Trinajstić information content (AvgIpc) is 2.48. The molecule has 0 aliphatic rings. The van der Waals surface area contributed by atoms with Crippen molar-refractivity contribution in [1.82, 2.24) is 4.98 Å². The number of carbonyl (C=O) groups is 1. The van der Waals surface area contributed by atoms with Gasteiger partial charge in [0.2, 0.25) is 0 Å². The van der Waals surface area contributed by atoms with Crippen molar-refractivity contribution < 1.29 is 9.90 Å². The number of rotatable bonds is 5. The van der Waals surface area contributed by atoms with E-state index in [-0.39, 0.29) is 6.42 Å². The van der Waals surface area contributed by atoms with Gasteiger partial charge in [0, 0.05) is 11.9 Å². The second-order valence-electron chi connectivity index (χ2n) is 2.38. The van der Waals surface area contributed by atoms with Crippen molar-refractivity contribution in [2.24, 2.45) is 0 Å². The van der Waals surface area contributed by atoms with E-state index in [1.54, 1.807) is 11.5 Å². The van der Waals surface area contributed by atoms with Gasteiger partial charge in [0.15, 0.2) is 5.13 Å². The zero-order chi connectivity index (χ0) is 9.68. The van der Waals surface area contributed by atoms with E-state index in [1.165, 1.54) is 11.3 Å². The van der Waals surface area contributed by atoms with Crippen molar-refractivity contribution >= 4 is 22.4 Å². The standard InChI is InChI=1S/C8H10N2O2S/c1-2-3-9-8-10-6(5-13-8)4-7(11)12/h2,5H,1,3-4H2,(H,9,10)(H,11,12). The maximum atomic E-state index is 10.3. The first-order valence-corrected chi connectivity index (χ1v) is 4.61. The van der Waals surface area contributed by atoms with Crippen LogP contribution in [0.5, 0.6) is 0 Å². The molecule has 0 spiro atoms. The van der Waals surface area contributed by atoms with Crippen LogP contribution in [0.1, 0.15) is 5.69 Å². The van der Waals surface area contributed by atoms with Gasteiger partial charge in [-0.25, -0.2) is 4.98 Å². The fourth-order valence-corrected chi connectivity index (χ4v) is 1.50. The highest BCUT2D eigenvalue weighted by Crippen LogP contribution is 2.15. The fraction of sp³-hybridized carbons (Fsp3) is 0.250. The Bertz CT molecular complexity index is 309. The number of aliphatic carboxylic acids is 1. The van der Waals surface area contributed by atoms with Crippen molar-refractivity contribution in [3.8, 4) is 0 Å². The van der Waals surface area contributed by atoms with Gasteiger partial charge in [0.05, 0.1) is 12.1 Å². The molecule has 0 bridgehead atoms. The Morgan fingerprint density at radius 3 is 3.23 bits per heavy atom. The molecule has 1 heterocycles.